The Morgan fingerprint density at radius 1 is 1.17 bits per heavy atom. The number of nitrogens with one attached hydrogen (secondary N) is 2. The number of carbonyl (C=O) groups excluding carboxylic acids is 1. The maximum Gasteiger partial charge on any atom is 0.267 e. The Morgan fingerprint density at radius 2 is 2.07 bits per heavy atom. The Labute approximate surface area is 176 Å². The van der Waals surface area contributed by atoms with E-state index in [-0.39, 0.29) is 5.91 Å². The van der Waals surface area contributed by atoms with Gasteiger partial charge in [-0.05, 0) is 66.5 Å². The number of aromatic nitrogens is 1. The number of hydrogen-bond acceptors (Lipinski definition) is 3. The minimum Gasteiger partial charge on any atom is -0.351 e. The average molecular weight is 399 g/mol. The van der Waals surface area contributed by atoms with Gasteiger partial charge < -0.3 is 10.3 Å². The van der Waals surface area contributed by atoms with Gasteiger partial charge in [0.1, 0.15) is 5.69 Å². The highest BCUT2D eigenvalue weighted by atomic mass is 16.1. The van der Waals surface area contributed by atoms with Gasteiger partial charge in [-0.2, -0.15) is 5.26 Å². The van der Waals surface area contributed by atoms with Crippen molar-refractivity contribution >= 4 is 16.8 Å². The Kier molecular flexibility index (Phi) is 5.02. The summed E-state index contributed by atoms with van der Waals surface area (Å²) in [5.74, 6) is 1.42. The molecule has 2 heterocycles. The van der Waals surface area contributed by atoms with Crippen LogP contribution in [0.15, 0.2) is 48.5 Å². The van der Waals surface area contributed by atoms with Crippen LogP contribution in [0.4, 0.5) is 0 Å². The fraction of sp³-hybridized carbons (Fsp3) is 0.360. The van der Waals surface area contributed by atoms with Crippen molar-refractivity contribution in [2.45, 2.75) is 25.8 Å². The number of aromatic amines is 1. The van der Waals surface area contributed by atoms with Crippen LogP contribution in [0.3, 0.4) is 0 Å². The van der Waals surface area contributed by atoms with E-state index >= 15 is 0 Å². The highest BCUT2D eigenvalue weighted by molar-refractivity contribution is 5.97. The summed E-state index contributed by atoms with van der Waals surface area (Å²) in [5, 5.41) is 13.3. The molecule has 1 amide bonds. The number of fused-ring (bicyclic) bond motifs is 2. The van der Waals surface area contributed by atoms with Crippen LogP contribution in [0.5, 0.6) is 0 Å². The van der Waals surface area contributed by atoms with Gasteiger partial charge in [-0.15, -0.1) is 0 Å². The highest BCUT2D eigenvalue weighted by Gasteiger charge is 2.38. The Morgan fingerprint density at radius 3 is 2.93 bits per heavy atom. The Balaban J connectivity index is 1.07. The molecule has 2 aromatic carbocycles. The van der Waals surface area contributed by atoms with E-state index in [1.54, 1.807) is 0 Å². The van der Waals surface area contributed by atoms with E-state index in [0.717, 1.165) is 61.4 Å². The van der Waals surface area contributed by atoms with Gasteiger partial charge in [0.05, 0.1) is 11.6 Å². The molecule has 0 unspecified atom stereocenters. The van der Waals surface area contributed by atoms with E-state index in [4.69, 9.17) is 5.26 Å². The van der Waals surface area contributed by atoms with Crippen LogP contribution in [0.2, 0.25) is 0 Å². The smallest absolute Gasteiger partial charge is 0.267 e. The minimum absolute atomic E-state index is 0.0238. The first kappa shape index (κ1) is 18.9. The van der Waals surface area contributed by atoms with Gasteiger partial charge in [0, 0.05) is 37.1 Å². The molecule has 152 valence electrons. The molecule has 1 aliphatic heterocycles. The molecular weight excluding hydrogens is 372 g/mol. The number of carbonyl (C=O) groups is 1. The molecule has 1 fully saturated rings. The number of hydrogen-bond donors (Lipinski definition) is 2. The topological polar surface area (TPSA) is 71.9 Å². The third-order valence-corrected chi connectivity index (χ3v) is 6.56. The van der Waals surface area contributed by atoms with Crippen molar-refractivity contribution in [2.75, 3.05) is 19.6 Å². The first-order valence-corrected chi connectivity index (χ1v) is 10.8. The molecule has 1 saturated carbocycles. The van der Waals surface area contributed by atoms with Gasteiger partial charge >= 0.3 is 0 Å². The minimum atomic E-state index is -0.0238. The zero-order valence-corrected chi connectivity index (χ0v) is 17.0. The molecule has 1 aromatic heterocycles. The van der Waals surface area contributed by atoms with Gasteiger partial charge in [0.15, 0.2) is 0 Å². The molecule has 5 rings (SSSR count). The number of rotatable bonds is 6. The molecule has 0 spiro atoms. The van der Waals surface area contributed by atoms with Crippen LogP contribution in [0.25, 0.3) is 10.9 Å². The largest absolute Gasteiger partial charge is 0.351 e. The van der Waals surface area contributed by atoms with Crippen LogP contribution in [0, 0.1) is 23.2 Å². The second kappa shape index (κ2) is 7.97. The number of benzene rings is 2. The molecule has 2 N–H and O–H groups in total. The van der Waals surface area contributed by atoms with E-state index in [2.05, 4.69) is 27.3 Å². The summed E-state index contributed by atoms with van der Waals surface area (Å²) < 4.78 is 0. The molecule has 0 saturated heterocycles. The van der Waals surface area contributed by atoms with E-state index in [1.165, 1.54) is 17.5 Å². The second-order valence-electron chi connectivity index (χ2n) is 8.65. The van der Waals surface area contributed by atoms with Crippen molar-refractivity contribution in [3.63, 3.8) is 0 Å². The predicted octanol–water partition coefficient (Wildman–Crippen LogP) is 3.85. The fourth-order valence-electron chi connectivity index (χ4n) is 4.72. The predicted molar refractivity (Wildman–Crippen MR) is 117 cm³/mol. The van der Waals surface area contributed by atoms with Crippen LogP contribution < -0.4 is 5.32 Å². The second-order valence-corrected chi connectivity index (χ2v) is 8.65. The van der Waals surface area contributed by atoms with Gasteiger partial charge in [-0.3, -0.25) is 9.69 Å². The number of amides is 1. The number of nitriles is 1. The van der Waals surface area contributed by atoms with Crippen molar-refractivity contribution in [3.8, 4) is 6.07 Å². The average Bonchev–Trinajstić information content (AvgIpc) is 3.34. The fourth-order valence-corrected chi connectivity index (χ4v) is 4.72. The standard InChI is InChI=1S/C25H26N4O/c26-14-17-5-6-18-8-10-29(15-21(18)11-17)16-22-12-19(22)7-9-27-25(30)24-13-20-3-1-2-4-23(20)28-24/h1-6,11,13,19,22,28H,7-10,12,15-16H2,(H,27,30)/t19-,22+/m0/s1. The van der Waals surface area contributed by atoms with Crippen LogP contribution in [-0.4, -0.2) is 35.4 Å². The Bertz CT molecular complexity index is 1090. The van der Waals surface area contributed by atoms with Crippen molar-refractivity contribution in [3.05, 3.63) is 70.9 Å². The molecule has 30 heavy (non-hydrogen) atoms. The van der Waals surface area contributed by atoms with E-state index in [9.17, 15) is 4.79 Å². The SMILES string of the molecule is N#Cc1ccc2c(c1)CN(C[C@H]1C[C@@H]1CCNC(=O)c1cc3ccccc3[nH]1)CC2. The Hall–Kier alpha value is -3.10. The lowest BCUT2D eigenvalue weighted by molar-refractivity contribution is 0.0948. The number of H-pyrrole nitrogens is 1. The van der Waals surface area contributed by atoms with E-state index in [1.807, 2.05) is 42.5 Å². The molecule has 2 atom stereocenters. The number of para-hydroxylation sites is 1. The zero-order valence-electron chi connectivity index (χ0n) is 17.0. The summed E-state index contributed by atoms with van der Waals surface area (Å²) in [6.45, 7) is 3.89. The van der Waals surface area contributed by atoms with Gasteiger partial charge in [0.25, 0.3) is 5.91 Å². The van der Waals surface area contributed by atoms with Crippen LogP contribution in [0.1, 0.15) is 40.0 Å². The highest BCUT2D eigenvalue weighted by Crippen LogP contribution is 2.42. The monoisotopic (exact) mass is 398 g/mol. The lowest BCUT2D eigenvalue weighted by Crippen LogP contribution is -2.32. The molecule has 0 radical (unpaired) electrons. The van der Waals surface area contributed by atoms with Crippen molar-refractivity contribution < 1.29 is 4.79 Å². The maximum absolute atomic E-state index is 12.4. The first-order valence-electron chi connectivity index (χ1n) is 10.8. The van der Waals surface area contributed by atoms with Crippen LogP contribution in [-0.2, 0) is 13.0 Å². The van der Waals surface area contributed by atoms with Crippen molar-refractivity contribution in [1.82, 2.24) is 15.2 Å². The molecular formula is C25H26N4O. The summed E-state index contributed by atoms with van der Waals surface area (Å²) in [5.41, 5.74) is 5.08. The maximum atomic E-state index is 12.4. The van der Waals surface area contributed by atoms with Gasteiger partial charge in [-0.25, -0.2) is 0 Å². The molecule has 5 nitrogen and oxygen atoms in total. The summed E-state index contributed by atoms with van der Waals surface area (Å²) in [6.07, 6.45) is 3.36. The molecule has 0 bridgehead atoms. The lowest BCUT2D eigenvalue weighted by Gasteiger charge is -2.29. The lowest BCUT2D eigenvalue weighted by atomic mass is 9.97. The van der Waals surface area contributed by atoms with Gasteiger partial charge in [-0.1, -0.05) is 24.3 Å². The summed E-state index contributed by atoms with van der Waals surface area (Å²) in [4.78, 5) is 18.1. The van der Waals surface area contributed by atoms with E-state index < -0.39 is 0 Å². The van der Waals surface area contributed by atoms with E-state index in [0.29, 0.717) is 11.6 Å². The molecule has 1 aliphatic carbocycles. The molecule has 5 heteroatoms. The zero-order chi connectivity index (χ0) is 20.5. The first-order chi connectivity index (χ1) is 14.7. The van der Waals surface area contributed by atoms with Crippen molar-refractivity contribution in [2.24, 2.45) is 11.8 Å². The summed E-state index contributed by atoms with van der Waals surface area (Å²) >= 11 is 0. The summed E-state index contributed by atoms with van der Waals surface area (Å²) in [7, 11) is 0. The third kappa shape index (κ3) is 3.96. The third-order valence-electron chi connectivity index (χ3n) is 6.56. The van der Waals surface area contributed by atoms with Crippen molar-refractivity contribution in [1.29, 1.82) is 5.26 Å². The quantitative estimate of drug-likeness (QED) is 0.662. The van der Waals surface area contributed by atoms with Gasteiger partial charge in [0.2, 0.25) is 0 Å². The molecule has 2 aliphatic rings. The molecule has 3 aromatic rings. The normalized spacial score (nSPS) is 20.5. The van der Waals surface area contributed by atoms with Crippen LogP contribution >= 0.6 is 0 Å². The number of nitrogens with zero attached hydrogens (tertiary/aromatic N) is 2. The summed E-state index contributed by atoms with van der Waals surface area (Å²) in [6, 6.07) is 18.2.